The lowest BCUT2D eigenvalue weighted by Gasteiger charge is -2.28. The molecule has 0 aliphatic heterocycles. The maximum atomic E-state index is 6.39. The number of hydrogen-bond acceptors (Lipinski definition) is 4. The van der Waals surface area contributed by atoms with Gasteiger partial charge in [0.1, 0.15) is 11.2 Å². The van der Waals surface area contributed by atoms with E-state index in [1.54, 1.807) is 0 Å². The zero-order valence-corrected chi connectivity index (χ0v) is 33.3. The average molecular weight is 785 g/mol. The predicted octanol–water partition coefficient (Wildman–Crippen LogP) is 16.9. The Hall–Kier alpha value is -7.66. The molecule has 2 heterocycles. The molecule has 0 aliphatic carbocycles. The molecule has 0 spiro atoms. The molecule has 2 aromatic heterocycles. The van der Waals surface area contributed by atoms with Gasteiger partial charge in [0.15, 0.2) is 0 Å². The number of para-hydroxylation sites is 4. The van der Waals surface area contributed by atoms with Crippen molar-refractivity contribution >= 4 is 109 Å². The van der Waals surface area contributed by atoms with Crippen LogP contribution in [0.1, 0.15) is 0 Å². The molecule has 0 unspecified atom stereocenters. The van der Waals surface area contributed by atoms with Gasteiger partial charge < -0.3 is 14.2 Å². The molecule has 0 saturated carbocycles. The van der Waals surface area contributed by atoms with Crippen molar-refractivity contribution in [3.05, 3.63) is 218 Å². The summed E-state index contributed by atoms with van der Waals surface area (Å²) in [4.78, 5) is 4.74. The standard InChI is InChI=1S/C56H36N2OS/c1-4-16-37(17-5-1)43-22-12-14-26-51(43)58(39-20-8-3-9-21-39)42-30-33-49-54(36-42)60-56-48-32-29-40(34-50(48)44-23-10-11-25-47(44)55(49)56)57(38-18-6-2-7-19-38)41-28-31-46-45-24-13-15-27-52(45)59-53(46)35-41/h1-36H. The van der Waals surface area contributed by atoms with Crippen LogP contribution < -0.4 is 9.80 Å². The first-order chi connectivity index (χ1) is 29.8. The molecule has 3 nitrogen and oxygen atoms in total. The number of hydrogen-bond donors (Lipinski definition) is 0. The Morgan fingerprint density at radius 3 is 1.65 bits per heavy atom. The number of fused-ring (bicyclic) bond motifs is 11. The van der Waals surface area contributed by atoms with Crippen molar-refractivity contribution in [3.8, 4) is 11.1 Å². The first-order valence-electron chi connectivity index (χ1n) is 20.3. The summed E-state index contributed by atoms with van der Waals surface area (Å²) in [6.07, 6.45) is 0. The quantitative estimate of drug-likeness (QED) is 0.150. The Morgan fingerprint density at radius 1 is 0.333 bits per heavy atom. The first-order valence-corrected chi connectivity index (χ1v) is 21.2. The molecule has 0 bridgehead atoms. The lowest BCUT2D eigenvalue weighted by atomic mass is 9.96. The molecule has 282 valence electrons. The van der Waals surface area contributed by atoms with Gasteiger partial charge in [0.05, 0.1) is 5.69 Å². The van der Waals surface area contributed by atoms with Crippen molar-refractivity contribution < 1.29 is 4.42 Å². The third-order valence-electron chi connectivity index (χ3n) is 11.8. The van der Waals surface area contributed by atoms with Gasteiger partial charge in [-0.25, -0.2) is 0 Å². The van der Waals surface area contributed by atoms with Gasteiger partial charge in [-0.1, -0.05) is 140 Å². The zero-order valence-electron chi connectivity index (χ0n) is 32.5. The summed E-state index contributed by atoms with van der Waals surface area (Å²) in [5.74, 6) is 0. The normalized spacial score (nSPS) is 11.7. The van der Waals surface area contributed by atoms with Crippen LogP contribution in [0, 0.1) is 0 Å². The van der Waals surface area contributed by atoms with Gasteiger partial charge in [-0.05, 0) is 94.5 Å². The third-order valence-corrected chi connectivity index (χ3v) is 13.0. The monoisotopic (exact) mass is 784 g/mol. The van der Waals surface area contributed by atoms with E-state index < -0.39 is 0 Å². The highest BCUT2D eigenvalue weighted by Gasteiger charge is 2.21. The van der Waals surface area contributed by atoms with Crippen LogP contribution in [0.25, 0.3) is 74.8 Å². The van der Waals surface area contributed by atoms with E-state index in [2.05, 4.69) is 216 Å². The van der Waals surface area contributed by atoms with Crippen LogP contribution in [0.15, 0.2) is 223 Å². The molecule has 0 aliphatic rings. The molecule has 0 fully saturated rings. The van der Waals surface area contributed by atoms with Crippen molar-refractivity contribution in [1.29, 1.82) is 0 Å². The van der Waals surface area contributed by atoms with Crippen LogP contribution in [0.3, 0.4) is 0 Å². The lowest BCUT2D eigenvalue weighted by Crippen LogP contribution is -2.10. The topological polar surface area (TPSA) is 19.6 Å². The average Bonchev–Trinajstić information content (AvgIpc) is 3.89. The number of anilines is 6. The fourth-order valence-corrected chi connectivity index (χ4v) is 10.4. The summed E-state index contributed by atoms with van der Waals surface area (Å²) in [6, 6.07) is 78.5. The highest BCUT2D eigenvalue weighted by molar-refractivity contribution is 7.27. The highest BCUT2D eigenvalue weighted by atomic mass is 32.1. The molecule has 0 amide bonds. The Morgan fingerprint density at radius 2 is 0.883 bits per heavy atom. The molecule has 12 rings (SSSR count). The van der Waals surface area contributed by atoms with Crippen LogP contribution in [0.5, 0.6) is 0 Å². The highest BCUT2D eigenvalue weighted by Crippen LogP contribution is 2.49. The molecular formula is C56H36N2OS. The second kappa shape index (κ2) is 14.0. The second-order valence-corrected chi connectivity index (χ2v) is 16.3. The molecule has 4 heteroatoms. The Labute approximate surface area is 351 Å². The fraction of sp³-hybridized carbons (Fsp3) is 0. The van der Waals surface area contributed by atoms with Crippen LogP contribution >= 0.6 is 11.3 Å². The maximum Gasteiger partial charge on any atom is 0.137 e. The van der Waals surface area contributed by atoms with Gasteiger partial charge in [0, 0.05) is 76.4 Å². The third kappa shape index (κ3) is 5.57. The lowest BCUT2D eigenvalue weighted by molar-refractivity contribution is 0.669. The van der Waals surface area contributed by atoms with Crippen LogP contribution in [0.4, 0.5) is 34.1 Å². The molecule has 60 heavy (non-hydrogen) atoms. The van der Waals surface area contributed by atoms with E-state index in [0.29, 0.717) is 0 Å². The molecule has 10 aromatic carbocycles. The molecule has 0 radical (unpaired) electrons. The molecule has 0 atom stereocenters. The smallest absolute Gasteiger partial charge is 0.137 e. The van der Waals surface area contributed by atoms with Crippen LogP contribution in [0.2, 0.25) is 0 Å². The zero-order chi connectivity index (χ0) is 39.6. The summed E-state index contributed by atoms with van der Waals surface area (Å²) < 4.78 is 8.95. The van der Waals surface area contributed by atoms with Gasteiger partial charge in [0.25, 0.3) is 0 Å². The van der Waals surface area contributed by atoms with E-state index in [4.69, 9.17) is 4.42 Å². The van der Waals surface area contributed by atoms with Crippen LogP contribution in [-0.2, 0) is 0 Å². The summed E-state index contributed by atoms with van der Waals surface area (Å²) >= 11 is 1.89. The molecule has 0 saturated heterocycles. The number of furan rings is 1. The van der Waals surface area contributed by atoms with Crippen molar-refractivity contribution in [2.75, 3.05) is 9.80 Å². The number of thiophene rings is 1. The van der Waals surface area contributed by atoms with E-state index in [9.17, 15) is 0 Å². The van der Waals surface area contributed by atoms with Crippen molar-refractivity contribution in [3.63, 3.8) is 0 Å². The van der Waals surface area contributed by atoms with E-state index in [-0.39, 0.29) is 0 Å². The number of benzene rings is 10. The molecule has 12 aromatic rings. The number of rotatable bonds is 7. The summed E-state index contributed by atoms with van der Waals surface area (Å²) in [7, 11) is 0. The summed E-state index contributed by atoms with van der Waals surface area (Å²) in [6.45, 7) is 0. The largest absolute Gasteiger partial charge is 0.456 e. The Kier molecular flexibility index (Phi) is 8.03. The van der Waals surface area contributed by atoms with Gasteiger partial charge in [0.2, 0.25) is 0 Å². The van der Waals surface area contributed by atoms with E-state index in [1.165, 1.54) is 52.8 Å². The van der Waals surface area contributed by atoms with Gasteiger partial charge >= 0.3 is 0 Å². The van der Waals surface area contributed by atoms with E-state index in [0.717, 1.165) is 56.1 Å². The fourth-order valence-electron chi connectivity index (χ4n) is 9.12. The summed E-state index contributed by atoms with van der Waals surface area (Å²) in [5, 5.41) is 9.83. The van der Waals surface area contributed by atoms with Crippen LogP contribution in [-0.4, -0.2) is 0 Å². The summed E-state index contributed by atoms with van der Waals surface area (Å²) in [5.41, 5.74) is 10.8. The van der Waals surface area contributed by atoms with Gasteiger partial charge in [-0.3, -0.25) is 0 Å². The van der Waals surface area contributed by atoms with Gasteiger partial charge in [-0.2, -0.15) is 0 Å². The minimum absolute atomic E-state index is 0.876. The predicted molar refractivity (Wildman–Crippen MR) is 256 cm³/mol. The van der Waals surface area contributed by atoms with Gasteiger partial charge in [-0.15, -0.1) is 11.3 Å². The SMILES string of the molecule is c1ccc(-c2ccccc2N(c2ccccc2)c2ccc3c(c2)sc2c4ccc(N(c5ccccc5)c5ccc6c(c5)oc5ccccc56)cc4c4ccccc4c32)cc1. The molecule has 0 N–H and O–H groups in total. The van der Waals surface area contributed by atoms with Crippen molar-refractivity contribution in [2.45, 2.75) is 0 Å². The van der Waals surface area contributed by atoms with Crippen molar-refractivity contribution in [2.24, 2.45) is 0 Å². The Bertz CT molecular complexity index is 3560. The van der Waals surface area contributed by atoms with E-state index in [1.807, 2.05) is 23.5 Å². The van der Waals surface area contributed by atoms with E-state index >= 15 is 0 Å². The van der Waals surface area contributed by atoms with Crippen molar-refractivity contribution in [1.82, 2.24) is 0 Å². The Balaban J connectivity index is 1.05. The molecular weight excluding hydrogens is 749 g/mol. The number of nitrogens with zero attached hydrogens (tertiary/aromatic N) is 2. The first kappa shape index (κ1) is 34.4. The maximum absolute atomic E-state index is 6.39. The second-order valence-electron chi connectivity index (χ2n) is 15.3. The minimum Gasteiger partial charge on any atom is -0.456 e. The minimum atomic E-state index is 0.876.